The Hall–Kier alpha value is -3.33. The fourth-order valence-electron chi connectivity index (χ4n) is 3.57. The second-order valence-electron chi connectivity index (χ2n) is 7.37. The molecular weight excluding hydrogens is 387 g/mol. The lowest BCUT2D eigenvalue weighted by Gasteiger charge is -2.17. The van der Waals surface area contributed by atoms with Crippen molar-refractivity contribution in [1.82, 2.24) is 25.1 Å². The molecule has 0 saturated carbocycles. The third kappa shape index (κ3) is 4.80. The molecule has 1 aliphatic heterocycles. The monoisotopic (exact) mass is 410 g/mol. The van der Waals surface area contributed by atoms with E-state index in [1.807, 2.05) is 4.90 Å². The van der Waals surface area contributed by atoms with Crippen molar-refractivity contribution < 1.29 is 13.9 Å². The SMILES string of the molecule is NC(COc1ccc(C(=O)N2CCC(c3ccc(F)cc3)C2)cc1)Cn1ncnn1. The highest BCUT2D eigenvalue weighted by Gasteiger charge is 2.28. The second kappa shape index (κ2) is 9.00. The Morgan fingerprint density at radius 3 is 2.67 bits per heavy atom. The van der Waals surface area contributed by atoms with Gasteiger partial charge in [-0.05, 0) is 53.6 Å². The number of benzene rings is 2. The van der Waals surface area contributed by atoms with E-state index in [-0.39, 0.29) is 23.7 Å². The van der Waals surface area contributed by atoms with Gasteiger partial charge >= 0.3 is 0 Å². The Kier molecular flexibility index (Phi) is 5.99. The maximum absolute atomic E-state index is 13.1. The number of halogens is 1. The number of amides is 1. The Balaban J connectivity index is 1.29. The van der Waals surface area contributed by atoms with Crippen LogP contribution in [0.2, 0.25) is 0 Å². The zero-order valence-electron chi connectivity index (χ0n) is 16.4. The molecule has 2 heterocycles. The van der Waals surface area contributed by atoms with Gasteiger partial charge in [0.15, 0.2) is 6.33 Å². The molecule has 8 nitrogen and oxygen atoms in total. The molecule has 1 aliphatic rings. The van der Waals surface area contributed by atoms with Crippen molar-refractivity contribution in [2.45, 2.75) is 24.9 Å². The molecule has 2 atom stereocenters. The quantitative estimate of drug-likeness (QED) is 0.638. The first kappa shape index (κ1) is 20.0. The van der Waals surface area contributed by atoms with Crippen LogP contribution in [0.15, 0.2) is 54.9 Å². The van der Waals surface area contributed by atoms with E-state index < -0.39 is 0 Å². The van der Waals surface area contributed by atoms with E-state index in [4.69, 9.17) is 10.5 Å². The van der Waals surface area contributed by atoms with Crippen LogP contribution in [0.3, 0.4) is 0 Å². The lowest BCUT2D eigenvalue weighted by Crippen LogP contribution is -2.33. The first-order chi connectivity index (χ1) is 14.6. The summed E-state index contributed by atoms with van der Waals surface area (Å²) in [6.45, 7) is 2.01. The number of carbonyl (C=O) groups is 1. The average Bonchev–Trinajstić information content (AvgIpc) is 3.45. The van der Waals surface area contributed by atoms with Gasteiger partial charge in [0.1, 0.15) is 18.2 Å². The summed E-state index contributed by atoms with van der Waals surface area (Å²) in [7, 11) is 0. The number of carbonyl (C=O) groups excluding carboxylic acids is 1. The molecule has 1 fully saturated rings. The molecule has 0 radical (unpaired) electrons. The minimum Gasteiger partial charge on any atom is -0.492 e. The zero-order chi connectivity index (χ0) is 20.9. The molecule has 2 N–H and O–H groups in total. The van der Waals surface area contributed by atoms with Crippen LogP contribution in [0, 0.1) is 5.82 Å². The van der Waals surface area contributed by atoms with Gasteiger partial charge in [-0.25, -0.2) is 4.39 Å². The maximum atomic E-state index is 13.1. The molecule has 30 heavy (non-hydrogen) atoms. The molecule has 0 spiro atoms. The van der Waals surface area contributed by atoms with Gasteiger partial charge in [-0.1, -0.05) is 12.1 Å². The highest BCUT2D eigenvalue weighted by Crippen LogP contribution is 2.28. The van der Waals surface area contributed by atoms with Gasteiger partial charge in [0.2, 0.25) is 0 Å². The van der Waals surface area contributed by atoms with Gasteiger partial charge in [-0.2, -0.15) is 4.80 Å². The number of hydrogen-bond acceptors (Lipinski definition) is 6. The van der Waals surface area contributed by atoms with Crippen molar-refractivity contribution in [1.29, 1.82) is 0 Å². The van der Waals surface area contributed by atoms with Crippen molar-refractivity contribution in [2.24, 2.45) is 5.73 Å². The molecule has 1 aromatic heterocycles. The maximum Gasteiger partial charge on any atom is 0.253 e. The van der Waals surface area contributed by atoms with Gasteiger partial charge in [0.25, 0.3) is 5.91 Å². The number of nitrogens with two attached hydrogens (primary N) is 1. The molecule has 9 heteroatoms. The van der Waals surface area contributed by atoms with Crippen LogP contribution in [0.5, 0.6) is 5.75 Å². The summed E-state index contributed by atoms with van der Waals surface area (Å²) < 4.78 is 18.8. The third-order valence-corrected chi connectivity index (χ3v) is 5.17. The summed E-state index contributed by atoms with van der Waals surface area (Å²) in [4.78, 5) is 16.1. The predicted octanol–water partition coefficient (Wildman–Crippen LogP) is 1.85. The molecule has 156 valence electrons. The van der Waals surface area contributed by atoms with Gasteiger partial charge < -0.3 is 15.4 Å². The molecule has 2 unspecified atom stereocenters. The first-order valence-electron chi connectivity index (χ1n) is 9.82. The predicted molar refractivity (Wildman–Crippen MR) is 107 cm³/mol. The van der Waals surface area contributed by atoms with E-state index in [0.717, 1.165) is 12.0 Å². The van der Waals surface area contributed by atoms with E-state index in [9.17, 15) is 9.18 Å². The Morgan fingerprint density at radius 1 is 1.20 bits per heavy atom. The number of hydrogen-bond donors (Lipinski definition) is 1. The van der Waals surface area contributed by atoms with Crippen LogP contribution in [0.1, 0.15) is 28.3 Å². The minimum atomic E-state index is -0.284. The van der Waals surface area contributed by atoms with Gasteiger partial charge in [-0.3, -0.25) is 4.79 Å². The number of nitrogens with zero attached hydrogens (tertiary/aromatic N) is 5. The number of ether oxygens (including phenoxy) is 1. The Bertz CT molecular complexity index is 962. The molecule has 0 aliphatic carbocycles. The lowest BCUT2D eigenvalue weighted by molar-refractivity contribution is 0.0790. The van der Waals surface area contributed by atoms with E-state index >= 15 is 0 Å². The normalized spacial score (nSPS) is 17.1. The summed E-state index contributed by atoms with van der Waals surface area (Å²) in [5, 5.41) is 11.3. The van der Waals surface area contributed by atoms with Crippen molar-refractivity contribution >= 4 is 5.91 Å². The van der Waals surface area contributed by atoms with Crippen molar-refractivity contribution in [3.63, 3.8) is 0 Å². The van der Waals surface area contributed by atoms with E-state index in [1.165, 1.54) is 23.3 Å². The summed E-state index contributed by atoms with van der Waals surface area (Å²) in [6.07, 6.45) is 2.22. The standard InChI is InChI=1S/C21H23FN6O2/c22-18-5-1-15(2-6-18)17-9-10-27(11-17)21(29)16-3-7-20(8-4-16)30-13-19(23)12-28-25-14-24-26-28/h1-8,14,17,19H,9-13,23H2. The highest BCUT2D eigenvalue weighted by molar-refractivity contribution is 5.94. The van der Waals surface area contributed by atoms with Crippen molar-refractivity contribution in [2.75, 3.05) is 19.7 Å². The third-order valence-electron chi connectivity index (χ3n) is 5.17. The van der Waals surface area contributed by atoms with Crippen molar-refractivity contribution in [3.05, 3.63) is 71.8 Å². The average molecular weight is 410 g/mol. The Morgan fingerprint density at radius 2 is 1.97 bits per heavy atom. The molecular formula is C21H23FN6O2. The summed E-state index contributed by atoms with van der Waals surface area (Å²) in [5.41, 5.74) is 7.68. The van der Waals surface area contributed by atoms with Crippen LogP contribution in [0.4, 0.5) is 4.39 Å². The molecule has 1 saturated heterocycles. The fourth-order valence-corrected chi connectivity index (χ4v) is 3.57. The molecule has 3 aromatic rings. The highest BCUT2D eigenvalue weighted by atomic mass is 19.1. The van der Waals surface area contributed by atoms with Gasteiger partial charge in [0, 0.05) is 24.6 Å². The van der Waals surface area contributed by atoms with E-state index in [0.29, 0.717) is 37.6 Å². The fraction of sp³-hybridized carbons (Fsp3) is 0.333. The Labute approximate surface area is 173 Å². The van der Waals surface area contributed by atoms with Crippen LogP contribution >= 0.6 is 0 Å². The van der Waals surface area contributed by atoms with E-state index in [2.05, 4.69) is 15.4 Å². The summed E-state index contributed by atoms with van der Waals surface area (Å²) in [5.74, 6) is 0.611. The number of aromatic nitrogens is 4. The molecule has 0 bridgehead atoms. The van der Waals surface area contributed by atoms with Crippen LogP contribution in [0.25, 0.3) is 0 Å². The van der Waals surface area contributed by atoms with Gasteiger partial charge in [0.05, 0.1) is 12.6 Å². The number of likely N-dealkylation sites (tertiary alicyclic amines) is 1. The lowest BCUT2D eigenvalue weighted by atomic mass is 9.99. The topological polar surface area (TPSA) is 99.2 Å². The summed E-state index contributed by atoms with van der Waals surface area (Å²) in [6, 6.07) is 13.3. The summed E-state index contributed by atoms with van der Waals surface area (Å²) >= 11 is 0. The van der Waals surface area contributed by atoms with Crippen molar-refractivity contribution in [3.8, 4) is 5.75 Å². The molecule has 1 amide bonds. The smallest absolute Gasteiger partial charge is 0.253 e. The number of rotatable bonds is 7. The minimum absolute atomic E-state index is 0.0138. The zero-order valence-corrected chi connectivity index (χ0v) is 16.4. The molecule has 2 aromatic carbocycles. The van der Waals surface area contributed by atoms with Crippen LogP contribution in [-0.2, 0) is 6.54 Å². The largest absolute Gasteiger partial charge is 0.492 e. The first-order valence-corrected chi connectivity index (χ1v) is 9.82. The van der Waals surface area contributed by atoms with Crippen LogP contribution < -0.4 is 10.5 Å². The van der Waals surface area contributed by atoms with Crippen LogP contribution in [-0.4, -0.2) is 56.8 Å². The van der Waals surface area contributed by atoms with E-state index in [1.54, 1.807) is 36.4 Å². The second-order valence-corrected chi connectivity index (χ2v) is 7.37. The molecule has 4 rings (SSSR count). The van der Waals surface area contributed by atoms with Gasteiger partial charge in [-0.15, -0.1) is 10.2 Å². The number of tetrazole rings is 1.